The van der Waals surface area contributed by atoms with E-state index in [4.69, 9.17) is 9.47 Å². The van der Waals surface area contributed by atoms with Gasteiger partial charge in [-0.3, -0.25) is 4.68 Å². The molecule has 1 aromatic carbocycles. The van der Waals surface area contributed by atoms with E-state index in [1.165, 1.54) is 0 Å². The molecule has 0 bridgehead atoms. The van der Waals surface area contributed by atoms with Crippen molar-refractivity contribution in [3.63, 3.8) is 0 Å². The van der Waals surface area contributed by atoms with E-state index in [0.29, 0.717) is 13.2 Å². The first-order chi connectivity index (χ1) is 13.2. The highest BCUT2D eigenvalue weighted by atomic mass is 16.5. The summed E-state index contributed by atoms with van der Waals surface area (Å²) in [6.07, 6.45) is 8.34. The van der Waals surface area contributed by atoms with Crippen LogP contribution >= 0.6 is 0 Å². The summed E-state index contributed by atoms with van der Waals surface area (Å²) < 4.78 is 13.2. The minimum Gasteiger partial charge on any atom is -0.491 e. The molecule has 4 rings (SSSR count). The van der Waals surface area contributed by atoms with Crippen LogP contribution in [0.4, 0.5) is 10.5 Å². The zero-order valence-corrected chi connectivity index (χ0v) is 15.4. The van der Waals surface area contributed by atoms with Gasteiger partial charge in [0.15, 0.2) is 0 Å². The summed E-state index contributed by atoms with van der Waals surface area (Å²) >= 11 is 0. The number of aromatic nitrogens is 2. The van der Waals surface area contributed by atoms with Crippen LogP contribution in [0, 0.1) is 5.41 Å². The quantitative estimate of drug-likeness (QED) is 0.749. The average molecular weight is 370 g/mol. The molecule has 1 atom stereocenters. The molecule has 144 valence electrons. The van der Waals surface area contributed by atoms with Crippen molar-refractivity contribution in [1.82, 2.24) is 15.1 Å². The van der Waals surface area contributed by atoms with Crippen LogP contribution in [0.1, 0.15) is 25.7 Å². The van der Waals surface area contributed by atoms with Crippen molar-refractivity contribution >= 4 is 11.7 Å². The lowest BCUT2D eigenvalue weighted by Gasteiger charge is -2.16. The number of nitrogens with one attached hydrogen (secondary N) is 2. The largest absolute Gasteiger partial charge is 0.491 e. The Kier molecular flexibility index (Phi) is 5.29. The molecule has 2 aromatic rings. The fourth-order valence-electron chi connectivity index (χ4n) is 3.35. The highest BCUT2D eigenvalue weighted by Gasteiger charge is 2.43. The third kappa shape index (κ3) is 5.01. The lowest BCUT2D eigenvalue weighted by Crippen LogP contribution is -2.35. The Morgan fingerprint density at radius 1 is 1.33 bits per heavy atom. The number of carbonyl (C=O) groups excluding carboxylic acids is 1. The van der Waals surface area contributed by atoms with Crippen LogP contribution in [0.3, 0.4) is 0 Å². The van der Waals surface area contributed by atoms with E-state index in [1.807, 2.05) is 41.2 Å². The molecule has 0 unspecified atom stereocenters. The summed E-state index contributed by atoms with van der Waals surface area (Å²) in [6, 6.07) is 9.16. The Labute approximate surface area is 159 Å². The zero-order chi connectivity index (χ0) is 18.5. The summed E-state index contributed by atoms with van der Waals surface area (Å²) in [6.45, 7) is 2.90. The van der Waals surface area contributed by atoms with Gasteiger partial charge in [-0.15, -0.1) is 0 Å². The molecule has 1 saturated carbocycles. The van der Waals surface area contributed by atoms with Gasteiger partial charge in [-0.1, -0.05) is 0 Å². The minimum absolute atomic E-state index is 0.142. The molecule has 1 aliphatic heterocycles. The predicted octanol–water partition coefficient (Wildman–Crippen LogP) is 3.04. The van der Waals surface area contributed by atoms with Crippen LogP contribution < -0.4 is 15.4 Å². The van der Waals surface area contributed by atoms with Gasteiger partial charge in [0.25, 0.3) is 0 Å². The molecule has 27 heavy (non-hydrogen) atoms. The maximum absolute atomic E-state index is 12.2. The molecule has 0 spiro atoms. The Morgan fingerprint density at radius 3 is 2.85 bits per heavy atom. The van der Waals surface area contributed by atoms with Crippen LogP contribution in [-0.4, -0.2) is 41.7 Å². The Bertz CT molecular complexity index is 735. The smallest absolute Gasteiger partial charge is 0.319 e. The SMILES string of the molecule is O=C(NCC1(Cn2cccn2)CC1)Nc1ccc(OC[C@@H]2CCCO2)cc1. The molecule has 1 saturated heterocycles. The van der Waals surface area contributed by atoms with Crippen molar-refractivity contribution in [2.75, 3.05) is 25.1 Å². The van der Waals surface area contributed by atoms with Crippen molar-refractivity contribution in [2.45, 2.75) is 38.3 Å². The Morgan fingerprint density at radius 2 is 2.19 bits per heavy atom. The summed E-state index contributed by atoms with van der Waals surface area (Å²) in [5.74, 6) is 0.785. The van der Waals surface area contributed by atoms with Crippen LogP contribution in [0.15, 0.2) is 42.7 Å². The maximum Gasteiger partial charge on any atom is 0.319 e. The molecule has 1 aromatic heterocycles. The number of rotatable bonds is 8. The molecular weight excluding hydrogens is 344 g/mol. The molecule has 1 aliphatic carbocycles. The van der Waals surface area contributed by atoms with Crippen molar-refractivity contribution in [2.24, 2.45) is 5.41 Å². The van der Waals surface area contributed by atoms with Crippen molar-refractivity contribution in [3.8, 4) is 5.75 Å². The van der Waals surface area contributed by atoms with Gasteiger partial charge in [0.1, 0.15) is 12.4 Å². The van der Waals surface area contributed by atoms with E-state index < -0.39 is 0 Å². The highest BCUT2D eigenvalue weighted by molar-refractivity contribution is 5.89. The van der Waals surface area contributed by atoms with E-state index >= 15 is 0 Å². The van der Waals surface area contributed by atoms with Crippen molar-refractivity contribution in [1.29, 1.82) is 0 Å². The van der Waals surface area contributed by atoms with E-state index in [-0.39, 0.29) is 17.6 Å². The van der Waals surface area contributed by atoms with E-state index in [2.05, 4.69) is 15.7 Å². The molecule has 2 heterocycles. The second-order valence-corrected chi connectivity index (χ2v) is 7.48. The van der Waals surface area contributed by atoms with Gasteiger partial charge in [-0.2, -0.15) is 5.10 Å². The Hall–Kier alpha value is -2.54. The van der Waals surface area contributed by atoms with E-state index in [1.54, 1.807) is 6.20 Å². The minimum atomic E-state index is -0.185. The van der Waals surface area contributed by atoms with Crippen molar-refractivity contribution < 1.29 is 14.3 Å². The maximum atomic E-state index is 12.2. The molecule has 2 N–H and O–H groups in total. The Balaban J connectivity index is 1.20. The molecule has 2 fully saturated rings. The summed E-state index contributed by atoms with van der Waals surface area (Å²) in [5.41, 5.74) is 0.887. The van der Waals surface area contributed by atoms with Crippen LogP contribution in [0.2, 0.25) is 0 Å². The topological polar surface area (TPSA) is 77.4 Å². The van der Waals surface area contributed by atoms with Gasteiger partial charge in [0.2, 0.25) is 0 Å². The third-order valence-corrected chi connectivity index (χ3v) is 5.21. The van der Waals surface area contributed by atoms with Crippen molar-refractivity contribution in [3.05, 3.63) is 42.7 Å². The fraction of sp³-hybridized carbons (Fsp3) is 0.500. The highest BCUT2D eigenvalue weighted by Crippen LogP contribution is 2.46. The number of benzene rings is 1. The predicted molar refractivity (Wildman–Crippen MR) is 102 cm³/mol. The molecule has 0 radical (unpaired) electrons. The van der Waals surface area contributed by atoms with Gasteiger partial charge in [-0.05, 0) is 56.0 Å². The zero-order valence-electron chi connectivity index (χ0n) is 15.4. The van der Waals surface area contributed by atoms with Gasteiger partial charge in [0.05, 0.1) is 6.10 Å². The second-order valence-electron chi connectivity index (χ2n) is 7.48. The number of nitrogens with zero attached hydrogens (tertiary/aromatic N) is 2. The first-order valence-corrected chi connectivity index (χ1v) is 9.58. The van der Waals surface area contributed by atoms with E-state index in [9.17, 15) is 4.79 Å². The average Bonchev–Trinajstić information content (AvgIpc) is 3.05. The summed E-state index contributed by atoms with van der Waals surface area (Å²) in [4.78, 5) is 12.2. The monoisotopic (exact) mass is 370 g/mol. The number of amides is 2. The second kappa shape index (κ2) is 8.00. The normalized spacial score (nSPS) is 20.2. The summed E-state index contributed by atoms with van der Waals surface area (Å²) in [7, 11) is 0. The number of hydrogen-bond acceptors (Lipinski definition) is 4. The molecule has 2 aliphatic rings. The molecule has 7 heteroatoms. The van der Waals surface area contributed by atoms with Crippen LogP contribution in [-0.2, 0) is 11.3 Å². The lowest BCUT2D eigenvalue weighted by atomic mass is 10.1. The van der Waals surface area contributed by atoms with E-state index in [0.717, 1.165) is 50.3 Å². The molecule has 7 nitrogen and oxygen atoms in total. The number of hydrogen-bond donors (Lipinski definition) is 2. The number of urea groups is 1. The molecule has 2 amide bonds. The van der Waals surface area contributed by atoms with Crippen LogP contribution in [0.5, 0.6) is 5.75 Å². The van der Waals surface area contributed by atoms with Gasteiger partial charge < -0.3 is 20.1 Å². The van der Waals surface area contributed by atoms with Gasteiger partial charge >= 0.3 is 6.03 Å². The third-order valence-electron chi connectivity index (χ3n) is 5.21. The number of ether oxygens (including phenoxy) is 2. The summed E-state index contributed by atoms with van der Waals surface area (Å²) in [5, 5.41) is 10.1. The number of carbonyl (C=O) groups is 1. The van der Waals surface area contributed by atoms with Gasteiger partial charge in [0, 0.05) is 43.2 Å². The first kappa shape index (κ1) is 17.9. The first-order valence-electron chi connectivity index (χ1n) is 9.58. The standard InChI is InChI=1S/C20H26N4O3/c25-19(21-14-20(8-9-20)15-24-11-2-10-22-24)23-16-4-6-17(7-5-16)27-13-18-3-1-12-26-18/h2,4-7,10-11,18H,1,3,8-9,12-15H2,(H2,21,23,25)/t18-/m0/s1. The fourth-order valence-corrected chi connectivity index (χ4v) is 3.35. The van der Waals surface area contributed by atoms with Gasteiger partial charge in [-0.25, -0.2) is 4.79 Å². The van der Waals surface area contributed by atoms with Crippen LogP contribution in [0.25, 0.3) is 0 Å². The molecular formula is C20H26N4O3. The lowest BCUT2D eigenvalue weighted by molar-refractivity contribution is 0.0679. The number of anilines is 1.